The Labute approximate surface area is 146 Å². The lowest BCUT2D eigenvalue weighted by atomic mass is 10.1. The van der Waals surface area contributed by atoms with Crippen molar-refractivity contribution >= 4 is 23.9 Å². The Kier molecular flexibility index (Phi) is 8.32. The summed E-state index contributed by atoms with van der Waals surface area (Å²) in [5.41, 5.74) is 0.678. The number of hydrogen-bond donors (Lipinski definition) is 1. The van der Waals surface area contributed by atoms with E-state index in [0.717, 1.165) is 0 Å². The van der Waals surface area contributed by atoms with Crippen LogP contribution in [0.4, 0.5) is 4.39 Å². The number of halogens is 1. The fraction of sp³-hybridized carbons (Fsp3) is 0.389. The minimum Gasteiger partial charge on any atom is -0.469 e. The highest BCUT2D eigenvalue weighted by atomic mass is 19.1. The predicted octanol–water partition coefficient (Wildman–Crippen LogP) is 1.61. The van der Waals surface area contributed by atoms with Crippen molar-refractivity contribution in [3.05, 3.63) is 41.7 Å². The molecule has 25 heavy (non-hydrogen) atoms. The van der Waals surface area contributed by atoms with Crippen LogP contribution in [0.15, 0.2) is 30.3 Å². The van der Waals surface area contributed by atoms with E-state index in [9.17, 15) is 18.8 Å². The zero-order valence-corrected chi connectivity index (χ0v) is 14.6. The van der Waals surface area contributed by atoms with Crippen molar-refractivity contribution in [1.82, 2.24) is 10.2 Å². The van der Waals surface area contributed by atoms with E-state index in [1.807, 2.05) is 0 Å². The molecule has 136 valence electrons. The first-order chi connectivity index (χ1) is 11.8. The maximum Gasteiger partial charge on any atom is 0.310 e. The molecule has 7 heteroatoms. The highest BCUT2D eigenvalue weighted by Gasteiger charge is 2.20. The largest absolute Gasteiger partial charge is 0.469 e. The number of methoxy groups -OCH3 is 1. The Morgan fingerprint density at radius 2 is 1.92 bits per heavy atom. The van der Waals surface area contributed by atoms with Crippen LogP contribution in [0.1, 0.15) is 19.4 Å². The molecule has 0 spiro atoms. The third-order valence-corrected chi connectivity index (χ3v) is 3.45. The van der Waals surface area contributed by atoms with Crippen molar-refractivity contribution in [1.29, 1.82) is 0 Å². The SMILES string of the molecule is COC(=O)C(C)CN(CCNC(C)=O)C(=O)/C=C/c1ccc(F)cc1. The van der Waals surface area contributed by atoms with Gasteiger partial charge in [-0.1, -0.05) is 19.1 Å². The van der Waals surface area contributed by atoms with Crippen LogP contribution < -0.4 is 5.32 Å². The molecule has 0 aliphatic heterocycles. The van der Waals surface area contributed by atoms with Gasteiger partial charge in [-0.3, -0.25) is 14.4 Å². The third-order valence-electron chi connectivity index (χ3n) is 3.45. The van der Waals surface area contributed by atoms with E-state index in [-0.39, 0.29) is 37.3 Å². The van der Waals surface area contributed by atoms with Gasteiger partial charge in [0.05, 0.1) is 13.0 Å². The normalized spacial score (nSPS) is 11.8. The summed E-state index contributed by atoms with van der Waals surface area (Å²) in [4.78, 5) is 36.4. The van der Waals surface area contributed by atoms with Gasteiger partial charge >= 0.3 is 5.97 Å². The maximum absolute atomic E-state index is 12.9. The van der Waals surface area contributed by atoms with Crippen LogP contribution in [0.5, 0.6) is 0 Å². The maximum atomic E-state index is 12.9. The van der Waals surface area contributed by atoms with Crippen molar-refractivity contribution in [2.24, 2.45) is 5.92 Å². The monoisotopic (exact) mass is 350 g/mol. The number of esters is 1. The Bertz CT molecular complexity index is 628. The molecule has 1 rings (SSSR count). The average Bonchev–Trinajstić information content (AvgIpc) is 2.58. The van der Waals surface area contributed by atoms with Gasteiger partial charge in [0.15, 0.2) is 0 Å². The van der Waals surface area contributed by atoms with Crippen LogP contribution in [-0.2, 0) is 19.1 Å². The molecule has 1 N–H and O–H groups in total. The Morgan fingerprint density at radius 3 is 2.48 bits per heavy atom. The summed E-state index contributed by atoms with van der Waals surface area (Å²) < 4.78 is 17.6. The molecular weight excluding hydrogens is 327 g/mol. The Balaban J connectivity index is 2.77. The van der Waals surface area contributed by atoms with Crippen LogP contribution in [0.2, 0.25) is 0 Å². The molecule has 0 aromatic heterocycles. The lowest BCUT2D eigenvalue weighted by Gasteiger charge is -2.24. The zero-order valence-electron chi connectivity index (χ0n) is 14.6. The van der Waals surface area contributed by atoms with E-state index in [1.165, 1.54) is 37.1 Å². The van der Waals surface area contributed by atoms with Crippen LogP contribution in [0.3, 0.4) is 0 Å². The lowest BCUT2D eigenvalue weighted by molar-refractivity contribution is -0.146. The van der Waals surface area contributed by atoms with Gasteiger partial charge in [0.2, 0.25) is 11.8 Å². The number of carbonyl (C=O) groups is 3. The molecule has 0 heterocycles. The van der Waals surface area contributed by atoms with E-state index in [0.29, 0.717) is 5.56 Å². The van der Waals surface area contributed by atoms with Crippen molar-refractivity contribution in [3.8, 4) is 0 Å². The Hall–Kier alpha value is -2.70. The number of amides is 2. The summed E-state index contributed by atoms with van der Waals surface area (Å²) in [6.45, 7) is 3.75. The van der Waals surface area contributed by atoms with Crippen molar-refractivity contribution in [2.45, 2.75) is 13.8 Å². The molecule has 0 aliphatic carbocycles. The predicted molar refractivity (Wildman–Crippen MR) is 91.9 cm³/mol. The first kappa shape index (κ1) is 20.3. The van der Waals surface area contributed by atoms with Gasteiger partial charge in [-0.25, -0.2) is 4.39 Å². The van der Waals surface area contributed by atoms with E-state index in [1.54, 1.807) is 25.1 Å². The molecule has 0 saturated carbocycles. The summed E-state index contributed by atoms with van der Waals surface area (Å²) in [6, 6.07) is 5.71. The second-order valence-electron chi connectivity index (χ2n) is 5.58. The first-order valence-electron chi connectivity index (χ1n) is 7.88. The van der Waals surface area contributed by atoms with E-state index in [2.05, 4.69) is 10.1 Å². The summed E-state index contributed by atoms with van der Waals surface area (Å²) in [7, 11) is 1.29. The minimum atomic E-state index is -0.495. The standard InChI is InChI=1S/C18H23FN2O4/c1-13(18(24)25-3)12-21(11-10-20-14(2)22)17(23)9-6-15-4-7-16(19)8-5-15/h4-9,13H,10-12H2,1-3H3,(H,20,22)/b9-6+. The van der Waals surface area contributed by atoms with Gasteiger partial charge in [0, 0.05) is 32.6 Å². The van der Waals surface area contributed by atoms with E-state index >= 15 is 0 Å². The topological polar surface area (TPSA) is 75.7 Å². The highest BCUT2D eigenvalue weighted by Crippen LogP contribution is 2.07. The van der Waals surface area contributed by atoms with Gasteiger partial charge in [0.25, 0.3) is 0 Å². The van der Waals surface area contributed by atoms with Gasteiger partial charge in [0.1, 0.15) is 5.82 Å². The molecule has 0 fully saturated rings. The smallest absolute Gasteiger partial charge is 0.310 e. The molecule has 1 aromatic carbocycles. The summed E-state index contributed by atoms with van der Waals surface area (Å²) in [5.74, 6) is -1.78. The quantitative estimate of drug-likeness (QED) is 0.571. The molecule has 0 radical (unpaired) electrons. The van der Waals surface area contributed by atoms with Crippen LogP contribution >= 0.6 is 0 Å². The van der Waals surface area contributed by atoms with Crippen molar-refractivity contribution in [3.63, 3.8) is 0 Å². The number of ether oxygens (including phenoxy) is 1. The minimum absolute atomic E-state index is 0.166. The fourth-order valence-electron chi connectivity index (χ4n) is 2.11. The molecule has 1 aromatic rings. The summed E-state index contributed by atoms with van der Waals surface area (Å²) in [6.07, 6.45) is 2.92. The number of hydrogen-bond acceptors (Lipinski definition) is 4. The highest BCUT2D eigenvalue weighted by molar-refractivity contribution is 5.92. The molecule has 2 amide bonds. The molecule has 1 unspecified atom stereocenters. The number of nitrogens with zero attached hydrogens (tertiary/aromatic N) is 1. The second-order valence-corrected chi connectivity index (χ2v) is 5.58. The van der Waals surface area contributed by atoms with Crippen molar-refractivity contribution in [2.75, 3.05) is 26.7 Å². The number of carbonyl (C=O) groups excluding carboxylic acids is 3. The molecular formula is C18H23FN2O4. The summed E-state index contributed by atoms with van der Waals surface area (Å²) >= 11 is 0. The molecule has 1 atom stereocenters. The Morgan fingerprint density at radius 1 is 1.28 bits per heavy atom. The van der Waals surface area contributed by atoms with E-state index < -0.39 is 11.9 Å². The van der Waals surface area contributed by atoms with Gasteiger partial charge in [-0.05, 0) is 23.8 Å². The first-order valence-corrected chi connectivity index (χ1v) is 7.88. The number of benzene rings is 1. The van der Waals surface area contributed by atoms with Gasteiger partial charge in [-0.15, -0.1) is 0 Å². The van der Waals surface area contributed by atoms with E-state index in [4.69, 9.17) is 0 Å². The number of nitrogens with one attached hydrogen (secondary N) is 1. The molecule has 0 aliphatic rings. The third kappa shape index (κ3) is 7.60. The summed E-state index contributed by atoms with van der Waals surface area (Å²) in [5, 5.41) is 2.61. The van der Waals surface area contributed by atoms with Crippen molar-refractivity contribution < 1.29 is 23.5 Å². The van der Waals surface area contributed by atoms with Crippen LogP contribution in [0, 0.1) is 11.7 Å². The average molecular weight is 350 g/mol. The zero-order chi connectivity index (χ0) is 18.8. The van der Waals surface area contributed by atoms with Gasteiger partial charge in [-0.2, -0.15) is 0 Å². The lowest BCUT2D eigenvalue weighted by Crippen LogP contribution is -2.41. The molecule has 0 bridgehead atoms. The van der Waals surface area contributed by atoms with Gasteiger partial charge < -0.3 is 15.0 Å². The van der Waals surface area contributed by atoms with Crippen LogP contribution in [0.25, 0.3) is 6.08 Å². The van der Waals surface area contributed by atoms with Crippen LogP contribution in [-0.4, -0.2) is 49.4 Å². The molecule has 0 saturated heterocycles. The number of rotatable bonds is 8. The fourth-order valence-corrected chi connectivity index (χ4v) is 2.11. The second kappa shape index (κ2) is 10.2. The molecule has 6 nitrogen and oxygen atoms in total.